The van der Waals surface area contributed by atoms with E-state index in [1.165, 1.54) is 12.2 Å². The number of aromatic nitrogens is 2. The summed E-state index contributed by atoms with van der Waals surface area (Å²) in [4.78, 5) is 6.86. The molecule has 2 N–H and O–H groups in total. The van der Waals surface area contributed by atoms with Crippen LogP contribution in [0.2, 0.25) is 0 Å². The maximum absolute atomic E-state index is 6.20. The molecule has 0 amide bonds. The Morgan fingerprint density at radius 1 is 1.53 bits per heavy atom. The molecule has 0 bridgehead atoms. The summed E-state index contributed by atoms with van der Waals surface area (Å²) >= 11 is 2.02. The fraction of sp³-hybridized carbons (Fsp3) is 0.786. The summed E-state index contributed by atoms with van der Waals surface area (Å²) < 4.78 is 2.09. The van der Waals surface area contributed by atoms with Gasteiger partial charge in [-0.1, -0.05) is 13.8 Å². The molecule has 4 nitrogen and oxygen atoms in total. The topological polar surface area (TPSA) is 47.1 Å². The Balaban J connectivity index is 2.23. The summed E-state index contributed by atoms with van der Waals surface area (Å²) in [6.07, 6.45) is 5.08. The molecule has 2 rings (SSSR count). The Labute approximate surface area is 120 Å². The van der Waals surface area contributed by atoms with Crippen LogP contribution in [0.4, 0.5) is 0 Å². The molecule has 1 aliphatic heterocycles. The zero-order chi connectivity index (χ0) is 14.1. The summed E-state index contributed by atoms with van der Waals surface area (Å²) in [5.74, 6) is 3.45. The smallest absolute Gasteiger partial charge is 0.122 e. The monoisotopic (exact) mass is 282 g/mol. The van der Waals surface area contributed by atoms with Gasteiger partial charge in [-0.05, 0) is 24.6 Å². The van der Waals surface area contributed by atoms with E-state index < -0.39 is 0 Å². The molecule has 5 heteroatoms. The molecule has 1 saturated heterocycles. The number of likely N-dealkylation sites (N-methyl/N-ethyl adjacent to an activating group) is 1. The van der Waals surface area contributed by atoms with Crippen LogP contribution in [-0.2, 0) is 13.6 Å². The van der Waals surface area contributed by atoms with Gasteiger partial charge in [-0.15, -0.1) is 0 Å². The predicted molar refractivity (Wildman–Crippen MR) is 82.2 cm³/mol. The molecule has 1 aromatic rings. The van der Waals surface area contributed by atoms with E-state index in [-0.39, 0.29) is 11.0 Å². The molecule has 0 aromatic carbocycles. The summed E-state index contributed by atoms with van der Waals surface area (Å²) in [6.45, 7) is 6.27. The zero-order valence-corrected chi connectivity index (χ0v) is 13.3. The maximum Gasteiger partial charge on any atom is 0.122 e. The average molecular weight is 282 g/mol. The van der Waals surface area contributed by atoms with Gasteiger partial charge < -0.3 is 10.3 Å². The van der Waals surface area contributed by atoms with Crippen LogP contribution < -0.4 is 5.73 Å². The van der Waals surface area contributed by atoms with Crippen LogP contribution in [-0.4, -0.2) is 45.1 Å². The first-order valence-electron chi connectivity index (χ1n) is 6.88. The molecule has 108 valence electrons. The van der Waals surface area contributed by atoms with Gasteiger partial charge in [0.05, 0.1) is 6.54 Å². The zero-order valence-electron chi connectivity index (χ0n) is 12.5. The maximum atomic E-state index is 6.20. The van der Waals surface area contributed by atoms with Crippen molar-refractivity contribution in [3.05, 3.63) is 18.2 Å². The molecule has 1 unspecified atom stereocenters. The van der Waals surface area contributed by atoms with Crippen LogP contribution in [0.15, 0.2) is 12.4 Å². The molecular formula is C14H26N4S. The second-order valence-electron chi connectivity index (χ2n) is 6.23. The van der Waals surface area contributed by atoms with Gasteiger partial charge in [0.2, 0.25) is 0 Å². The van der Waals surface area contributed by atoms with Crippen molar-refractivity contribution in [2.24, 2.45) is 18.2 Å². The summed E-state index contributed by atoms with van der Waals surface area (Å²) in [5, 5.41) is 0. The number of aryl methyl sites for hydroxylation is 1. The van der Waals surface area contributed by atoms with Gasteiger partial charge in [-0.25, -0.2) is 4.98 Å². The van der Waals surface area contributed by atoms with Gasteiger partial charge in [-0.2, -0.15) is 11.8 Å². The molecule has 1 aromatic heterocycles. The molecule has 0 saturated carbocycles. The van der Waals surface area contributed by atoms with Crippen molar-refractivity contribution in [1.82, 2.24) is 14.5 Å². The van der Waals surface area contributed by atoms with E-state index >= 15 is 0 Å². The van der Waals surface area contributed by atoms with Crippen LogP contribution in [0, 0.1) is 5.41 Å². The van der Waals surface area contributed by atoms with E-state index in [9.17, 15) is 0 Å². The lowest BCUT2D eigenvalue weighted by Crippen LogP contribution is -2.64. The highest BCUT2D eigenvalue weighted by Crippen LogP contribution is 2.45. The minimum absolute atomic E-state index is 0.0574. The molecular weight excluding hydrogens is 256 g/mol. The first-order valence-corrected chi connectivity index (χ1v) is 8.04. The van der Waals surface area contributed by atoms with E-state index in [4.69, 9.17) is 5.73 Å². The number of nitrogens with two attached hydrogens (primary N) is 1. The minimum Gasteiger partial charge on any atom is -0.337 e. The van der Waals surface area contributed by atoms with Crippen molar-refractivity contribution >= 4 is 11.8 Å². The molecule has 1 atom stereocenters. The van der Waals surface area contributed by atoms with Gasteiger partial charge in [0.25, 0.3) is 0 Å². The number of nitrogens with zero attached hydrogens (tertiary/aromatic N) is 3. The minimum atomic E-state index is 0.0574. The normalized spacial score (nSPS) is 26.8. The number of hydrogen-bond donors (Lipinski definition) is 1. The second-order valence-corrected chi connectivity index (χ2v) is 7.34. The van der Waals surface area contributed by atoms with E-state index in [0.717, 1.165) is 18.1 Å². The van der Waals surface area contributed by atoms with Crippen molar-refractivity contribution in [1.29, 1.82) is 0 Å². The molecule has 19 heavy (non-hydrogen) atoms. The van der Waals surface area contributed by atoms with E-state index in [2.05, 4.69) is 35.3 Å². The second kappa shape index (κ2) is 5.46. The lowest BCUT2D eigenvalue weighted by atomic mass is 9.70. The highest BCUT2D eigenvalue weighted by atomic mass is 32.2. The number of hydrogen-bond acceptors (Lipinski definition) is 4. The van der Waals surface area contributed by atoms with Crippen LogP contribution >= 0.6 is 11.8 Å². The third kappa shape index (κ3) is 2.56. The lowest BCUT2D eigenvalue weighted by molar-refractivity contribution is 0.0127. The largest absolute Gasteiger partial charge is 0.337 e. The van der Waals surface area contributed by atoms with Crippen LogP contribution in [0.5, 0.6) is 0 Å². The lowest BCUT2D eigenvalue weighted by Gasteiger charge is -2.54. The third-order valence-electron chi connectivity index (χ3n) is 4.84. The van der Waals surface area contributed by atoms with Gasteiger partial charge >= 0.3 is 0 Å². The van der Waals surface area contributed by atoms with E-state index in [1.807, 2.05) is 31.2 Å². The van der Waals surface area contributed by atoms with Crippen molar-refractivity contribution in [2.75, 3.05) is 25.1 Å². The Bertz CT molecular complexity index is 429. The highest BCUT2D eigenvalue weighted by Gasteiger charge is 2.48. The van der Waals surface area contributed by atoms with Crippen molar-refractivity contribution in [2.45, 2.75) is 32.4 Å². The SMILES string of the molecule is CN(Cc1nccn1C)C1(CN)CSCCC1(C)C. The van der Waals surface area contributed by atoms with Crippen LogP contribution in [0.1, 0.15) is 26.1 Å². The summed E-state index contributed by atoms with van der Waals surface area (Å²) in [5.41, 5.74) is 6.50. The predicted octanol–water partition coefficient (Wildman–Crippen LogP) is 1.71. The number of imidazole rings is 1. The van der Waals surface area contributed by atoms with E-state index in [1.54, 1.807) is 0 Å². The quantitative estimate of drug-likeness (QED) is 0.913. The third-order valence-corrected chi connectivity index (χ3v) is 6.01. The standard InChI is InChI=1S/C14H26N4S/c1-13(2)5-8-19-11-14(13,10-15)18(4)9-12-16-6-7-17(12)3/h6-7H,5,8-11,15H2,1-4H3. The van der Waals surface area contributed by atoms with Gasteiger partial charge in [0, 0.05) is 37.3 Å². The molecule has 1 aliphatic rings. The Kier molecular flexibility index (Phi) is 4.28. The molecule has 1 fully saturated rings. The first kappa shape index (κ1) is 14.9. The van der Waals surface area contributed by atoms with Gasteiger partial charge in [0.15, 0.2) is 0 Å². The van der Waals surface area contributed by atoms with Crippen LogP contribution in [0.3, 0.4) is 0 Å². The molecule has 0 aliphatic carbocycles. The Hall–Kier alpha value is -0.520. The van der Waals surface area contributed by atoms with Gasteiger partial charge in [0.1, 0.15) is 5.82 Å². The fourth-order valence-corrected chi connectivity index (χ4v) is 4.89. The van der Waals surface area contributed by atoms with Crippen molar-refractivity contribution < 1.29 is 0 Å². The fourth-order valence-electron chi connectivity index (χ4n) is 3.03. The molecule has 0 spiro atoms. The highest BCUT2D eigenvalue weighted by molar-refractivity contribution is 7.99. The number of thioether (sulfide) groups is 1. The summed E-state index contributed by atoms with van der Waals surface area (Å²) in [7, 11) is 4.24. The first-order chi connectivity index (χ1) is 8.93. The van der Waals surface area contributed by atoms with Crippen LogP contribution in [0.25, 0.3) is 0 Å². The number of rotatable bonds is 4. The molecule has 0 radical (unpaired) electrons. The van der Waals surface area contributed by atoms with E-state index in [0.29, 0.717) is 6.54 Å². The van der Waals surface area contributed by atoms with Gasteiger partial charge in [-0.3, -0.25) is 4.90 Å². The Morgan fingerprint density at radius 3 is 2.79 bits per heavy atom. The average Bonchev–Trinajstić information content (AvgIpc) is 2.75. The van der Waals surface area contributed by atoms with Crippen molar-refractivity contribution in [3.63, 3.8) is 0 Å². The molecule has 2 heterocycles. The Morgan fingerprint density at radius 2 is 2.26 bits per heavy atom. The summed E-state index contributed by atoms with van der Waals surface area (Å²) in [6, 6.07) is 0. The van der Waals surface area contributed by atoms with Crippen molar-refractivity contribution in [3.8, 4) is 0 Å².